The normalized spacial score (nSPS) is 12.0. The Balaban J connectivity index is 3.95. The molecule has 48 heavy (non-hydrogen) atoms. The summed E-state index contributed by atoms with van der Waals surface area (Å²) in [4.78, 5) is 24.8. The largest absolute Gasteiger partial charge is 0.462 e. The topological polar surface area (TPSA) is 61.8 Å². The standard InChI is InChI=1S/C43H84O5/c1-4-7-10-13-15-17-18-19-20-21-22-23-24-25-27-29-32-35-38-46-39-41(48-43(45)37-34-30-12-9-6-3)40-47-42(44)36-33-31-28-26-16-14-11-8-5-2/h41H,4-40H2,1-3H3. The van der Waals surface area contributed by atoms with Crippen molar-refractivity contribution < 1.29 is 23.8 Å². The number of carbonyl (C=O) groups excluding carboxylic acids is 2. The van der Waals surface area contributed by atoms with Crippen molar-refractivity contribution in [3.63, 3.8) is 0 Å². The van der Waals surface area contributed by atoms with Crippen LogP contribution in [0.4, 0.5) is 0 Å². The van der Waals surface area contributed by atoms with Crippen molar-refractivity contribution in [2.75, 3.05) is 19.8 Å². The Kier molecular flexibility index (Phi) is 39.4. The van der Waals surface area contributed by atoms with Crippen LogP contribution in [0.25, 0.3) is 0 Å². The third-order valence-corrected chi connectivity index (χ3v) is 9.64. The Morgan fingerprint density at radius 1 is 0.375 bits per heavy atom. The van der Waals surface area contributed by atoms with E-state index in [9.17, 15) is 9.59 Å². The van der Waals surface area contributed by atoms with E-state index in [2.05, 4.69) is 20.8 Å². The number of hydrogen-bond donors (Lipinski definition) is 0. The molecule has 0 fully saturated rings. The summed E-state index contributed by atoms with van der Waals surface area (Å²) in [6.07, 6.45) is 41.3. The summed E-state index contributed by atoms with van der Waals surface area (Å²) in [5.74, 6) is -0.398. The van der Waals surface area contributed by atoms with E-state index in [0.29, 0.717) is 26.1 Å². The Morgan fingerprint density at radius 3 is 1.06 bits per heavy atom. The quantitative estimate of drug-likeness (QED) is 0.0476. The lowest BCUT2D eigenvalue weighted by Gasteiger charge is -2.18. The van der Waals surface area contributed by atoms with Gasteiger partial charge in [-0.25, -0.2) is 0 Å². The Morgan fingerprint density at radius 2 is 0.688 bits per heavy atom. The van der Waals surface area contributed by atoms with E-state index >= 15 is 0 Å². The van der Waals surface area contributed by atoms with Gasteiger partial charge in [0, 0.05) is 19.4 Å². The first-order valence-corrected chi connectivity index (χ1v) is 21.6. The Hall–Kier alpha value is -1.10. The molecule has 0 aliphatic rings. The van der Waals surface area contributed by atoms with Crippen LogP contribution in [0, 0.1) is 0 Å². The summed E-state index contributed by atoms with van der Waals surface area (Å²) in [7, 11) is 0. The molecule has 0 aliphatic carbocycles. The number of rotatable bonds is 40. The summed E-state index contributed by atoms with van der Waals surface area (Å²) in [5.41, 5.74) is 0. The van der Waals surface area contributed by atoms with E-state index in [1.165, 1.54) is 167 Å². The van der Waals surface area contributed by atoms with Crippen LogP contribution < -0.4 is 0 Å². The summed E-state index contributed by atoms with van der Waals surface area (Å²) in [5, 5.41) is 0. The fourth-order valence-electron chi connectivity index (χ4n) is 6.39. The number of ether oxygens (including phenoxy) is 3. The van der Waals surface area contributed by atoms with Gasteiger partial charge in [0.05, 0.1) is 6.61 Å². The molecule has 286 valence electrons. The smallest absolute Gasteiger partial charge is 0.306 e. The van der Waals surface area contributed by atoms with Crippen molar-refractivity contribution in [2.24, 2.45) is 0 Å². The highest BCUT2D eigenvalue weighted by molar-refractivity contribution is 5.70. The minimum Gasteiger partial charge on any atom is -0.462 e. The summed E-state index contributed by atoms with van der Waals surface area (Å²) >= 11 is 0. The molecule has 0 aromatic heterocycles. The van der Waals surface area contributed by atoms with E-state index in [1.807, 2.05) is 0 Å². The molecule has 1 unspecified atom stereocenters. The van der Waals surface area contributed by atoms with E-state index in [0.717, 1.165) is 38.5 Å². The van der Waals surface area contributed by atoms with Gasteiger partial charge in [-0.05, 0) is 19.3 Å². The first-order chi connectivity index (χ1) is 23.6. The van der Waals surface area contributed by atoms with Gasteiger partial charge in [0.1, 0.15) is 6.61 Å². The lowest BCUT2D eigenvalue weighted by atomic mass is 10.0. The summed E-state index contributed by atoms with van der Waals surface area (Å²) in [6, 6.07) is 0. The molecule has 0 rings (SSSR count). The third-order valence-electron chi connectivity index (χ3n) is 9.64. The first-order valence-electron chi connectivity index (χ1n) is 21.6. The molecule has 0 bridgehead atoms. The van der Waals surface area contributed by atoms with Crippen LogP contribution in [-0.4, -0.2) is 37.9 Å². The van der Waals surface area contributed by atoms with Gasteiger partial charge in [0.2, 0.25) is 0 Å². The number of hydrogen-bond acceptors (Lipinski definition) is 5. The van der Waals surface area contributed by atoms with Gasteiger partial charge < -0.3 is 14.2 Å². The molecule has 1 atom stereocenters. The number of unbranched alkanes of at least 4 members (excludes halogenated alkanes) is 29. The summed E-state index contributed by atoms with van der Waals surface area (Å²) < 4.78 is 17.1. The second-order valence-corrected chi connectivity index (χ2v) is 14.6. The maximum absolute atomic E-state index is 12.5. The van der Waals surface area contributed by atoms with Crippen molar-refractivity contribution in [1.82, 2.24) is 0 Å². The maximum Gasteiger partial charge on any atom is 0.306 e. The molecule has 0 radical (unpaired) electrons. The molecule has 5 heteroatoms. The lowest BCUT2D eigenvalue weighted by Crippen LogP contribution is -2.30. The highest BCUT2D eigenvalue weighted by Crippen LogP contribution is 2.15. The highest BCUT2D eigenvalue weighted by atomic mass is 16.6. The number of esters is 2. The maximum atomic E-state index is 12.5. The van der Waals surface area contributed by atoms with Crippen LogP contribution in [0.5, 0.6) is 0 Å². The van der Waals surface area contributed by atoms with Gasteiger partial charge in [0.15, 0.2) is 6.10 Å². The van der Waals surface area contributed by atoms with Gasteiger partial charge >= 0.3 is 11.9 Å². The predicted octanol–water partition coefficient (Wildman–Crippen LogP) is 13.8. The van der Waals surface area contributed by atoms with E-state index in [-0.39, 0.29) is 18.5 Å². The van der Waals surface area contributed by atoms with E-state index in [1.54, 1.807) is 0 Å². The predicted molar refractivity (Wildman–Crippen MR) is 206 cm³/mol. The van der Waals surface area contributed by atoms with Crippen LogP contribution >= 0.6 is 0 Å². The number of carbonyl (C=O) groups is 2. The average molecular weight is 681 g/mol. The first kappa shape index (κ1) is 46.9. The zero-order chi connectivity index (χ0) is 35.0. The molecule has 5 nitrogen and oxygen atoms in total. The molecule has 0 aliphatic heterocycles. The Bertz CT molecular complexity index is 651. The minimum atomic E-state index is -0.518. The molecular weight excluding hydrogens is 596 g/mol. The average Bonchev–Trinajstić information content (AvgIpc) is 3.08. The fourth-order valence-corrected chi connectivity index (χ4v) is 6.39. The Labute approximate surface area is 300 Å². The lowest BCUT2D eigenvalue weighted by molar-refractivity contribution is -0.163. The summed E-state index contributed by atoms with van der Waals surface area (Å²) in [6.45, 7) is 7.78. The van der Waals surface area contributed by atoms with E-state index in [4.69, 9.17) is 14.2 Å². The third kappa shape index (κ3) is 37.7. The molecule has 0 N–H and O–H groups in total. The molecule has 0 spiro atoms. The van der Waals surface area contributed by atoms with Crippen LogP contribution in [0.2, 0.25) is 0 Å². The SMILES string of the molecule is CCCCCCCCCCCCCCCCCCCCOCC(COC(=O)CCCCCCCCCCC)OC(=O)CCCCCCC. The van der Waals surface area contributed by atoms with Gasteiger partial charge in [-0.2, -0.15) is 0 Å². The van der Waals surface area contributed by atoms with Crippen molar-refractivity contribution in [1.29, 1.82) is 0 Å². The fraction of sp³-hybridized carbons (Fsp3) is 0.953. The van der Waals surface area contributed by atoms with Crippen molar-refractivity contribution in [3.05, 3.63) is 0 Å². The van der Waals surface area contributed by atoms with E-state index < -0.39 is 6.10 Å². The zero-order valence-electron chi connectivity index (χ0n) is 32.8. The molecule has 0 amide bonds. The van der Waals surface area contributed by atoms with Crippen LogP contribution in [0.15, 0.2) is 0 Å². The van der Waals surface area contributed by atoms with Gasteiger partial charge in [-0.3, -0.25) is 9.59 Å². The van der Waals surface area contributed by atoms with Crippen LogP contribution in [-0.2, 0) is 23.8 Å². The van der Waals surface area contributed by atoms with Crippen molar-refractivity contribution in [2.45, 2.75) is 245 Å². The highest BCUT2D eigenvalue weighted by Gasteiger charge is 2.17. The molecule has 0 heterocycles. The second kappa shape index (κ2) is 40.3. The monoisotopic (exact) mass is 681 g/mol. The second-order valence-electron chi connectivity index (χ2n) is 14.6. The van der Waals surface area contributed by atoms with Gasteiger partial charge in [0.25, 0.3) is 0 Å². The molecular formula is C43H84O5. The molecule has 0 aromatic rings. The zero-order valence-corrected chi connectivity index (χ0v) is 32.8. The molecule has 0 saturated carbocycles. The molecule has 0 aromatic carbocycles. The molecule has 0 saturated heterocycles. The van der Waals surface area contributed by atoms with Crippen molar-refractivity contribution >= 4 is 11.9 Å². The van der Waals surface area contributed by atoms with Crippen LogP contribution in [0.3, 0.4) is 0 Å². The minimum absolute atomic E-state index is 0.0942. The van der Waals surface area contributed by atoms with Gasteiger partial charge in [-0.15, -0.1) is 0 Å². The van der Waals surface area contributed by atoms with Crippen LogP contribution in [0.1, 0.15) is 239 Å². The van der Waals surface area contributed by atoms with Crippen molar-refractivity contribution in [3.8, 4) is 0 Å². The van der Waals surface area contributed by atoms with Gasteiger partial charge in [-0.1, -0.05) is 207 Å².